The molecule has 11 heteroatoms. The molecule has 0 unspecified atom stereocenters. The minimum atomic E-state index is -4.65. The monoisotopic (exact) mass is 447 g/mol. The summed E-state index contributed by atoms with van der Waals surface area (Å²) in [5.41, 5.74) is -1.36. The molecular weight excluding hydrogens is 427 g/mol. The average molecular weight is 447 g/mol. The van der Waals surface area contributed by atoms with Crippen molar-refractivity contribution in [3.8, 4) is 17.2 Å². The highest BCUT2D eigenvalue weighted by atomic mass is 32.2. The largest absolute Gasteiger partial charge is 0.490 e. The maximum Gasteiger partial charge on any atom is 0.416 e. The molecule has 3 rings (SSSR count). The van der Waals surface area contributed by atoms with Gasteiger partial charge in [-0.3, -0.25) is 4.72 Å². The summed E-state index contributed by atoms with van der Waals surface area (Å²) in [6, 6.07) is 6.55. The van der Waals surface area contributed by atoms with Gasteiger partial charge in [-0.15, -0.1) is 0 Å². The van der Waals surface area contributed by atoms with Gasteiger partial charge in [-0.1, -0.05) is 0 Å². The van der Waals surface area contributed by atoms with Gasteiger partial charge in [-0.05, 0) is 30.3 Å². The van der Waals surface area contributed by atoms with E-state index in [1.54, 1.807) is 0 Å². The van der Waals surface area contributed by atoms with E-state index in [1.165, 1.54) is 25.3 Å². The lowest BCUT2D eigenvalue weighted by atomic mass is 10.2. The zero-order valence-corrected chi connectivity index (χ0v) is 16.8. The number of halogens is 3. The number of methoxy groups -OCH3 is 1. The van der Waals surface area contributed by atoms with Gasteiger partial charge in [0.05, 0.1) is 36.0 Å². The molecule has 1 aliphatic rings. The highest BCUT2D eigenvalue weighted by Crippen LogP contribution is 2.37. The lowest BCUT2D eigenvalue weighted by Gasteiger charge is -2.16. The van der Waals surface area contributed by atoms with Crippen LogP contribution in [0.4, 0.5) is 18.9 Å². The summed E-state index contributed by atoms with van der Waals surface area (Å²) in [5.74, 6) is 0.586. The molecule has 2 aromatic rings. The zero-order chi connectivity index (χ0) is 21.8. The molecule has 7 nitrogen and oxygen atoms in total. The smallest absolute Gasteiger partial charge is 0.416 e. The third-order valence-corrected chi connectivity index (χ3v) is 5.49. The summed E-state index contributed by atoms with van der Waals surface area (Å²) >= 11 is 0. The second-order valence-electron chi connectivity index (χ2n) is 6.31. The first-order valence-electron chi connectivity index (χ1n) is 8.96. The number of rotatable bonds is 7. The lowest BCUT2D eigenvalue weighted by Crippen LogP contribution is -2.16. The second kappa shape index (κ2) is 9.00. The Balaban J connectivity index is 1.93. The minimum Gasteiger partial charge on any atom is -0.490 e. The van der Waals surface area contributed by atoms with Crippen molar-refractivity contribution in [2.45, 2.75) is 17.5 Å². The molecule has 0 aromatic heterocycles. The molecule has 1 aliphatic heterocycles. The van der Waals surface area contributed by atoms with Crippen LogP contribution in [0.2, 0.25) is 0 Å². The fraction of sp³-hybridized carbons (Fsp3) is 0.368. The number of hydrogen-bond donors (Lipinski definition) is 1. The normalized spacial score (nSPS) is 14.1. The second-order valence-corrected chi connectivity index (χ2v) is 8.00. The van der Waals surface area contributed by atoms with Crippen molar-refractivity contribution in [3.63, 3.8) is 0 Å². The summed E-state index contributed by atoms with van der Waals surface area (Å²) in [7, 11) is -2.80. The van der Waals surface area contributed by atoms with Crippen molar-refractivity contribution in [1.82, 2.24) is 0 Å². The molecule has 0 amide bonds. The van der Waals surface area contributed by atoms with Crippen LogP contribution in [0.1, 0.15) is 12.0 Å². The molecule has 0 saturated carbocycles. The molecule has 1 heterocycles. The van der Waals surface area contributed by atoms with E-state index in [0.717, 1.165) is 12.1 Å². The van der Waals surface area contributed by atoms with E-state index >= 15 is 0 Å². The fourth-order valence-corrected chi connectivity index (χ4v) is 3.74. The summed E-state index contributed by atoms with van der Waals surface area (Å²) in [6.45, 7) is 0.995. The molecule has 0 spiro atoms. The lowest BCUT2D eigenvalue weighted by molar-refractivity contribution is -0.137. The molecule has 2 aromatic carbocycles. The Kier molecular flexibility index (Phi) is 6.61. The molecule has 0 fully saturated rings. The maximum absolute atomic E-state index is 13.1. The highest BCUT2D eigenvalue weighted by Gasteiger charge is 2.32. The molecular formula is C19H20F3NO6S. The van der Waals surface area contributed by atoms with Crippen molar-refractivity contribution in [3.05, 3.63) is 42.0 Å². The Bertz CT molecular complexity index is 994. The standard InChI is InChI=1S/C19H20F3NO6S/c1-26-9-10-29-16-5-3-13(19(20,21)22)11-15(16)23-30(24,25)14-4-6-17-18(12-14)28-8-2-7-27-17/h3-6,11-12,23H,2,7-10H2,1H3. The summed E-state index contributed by atoms with van der Waals surface area (Å²) < 4.78 is 88.4. The first-order valence-corrected chi connectivity index (χ1v) is 10.4. The van der Waals surface area contributed by atoms with Gasteiger partial charge in [-0.2, -0.15) is 13.2 Å². The quantitative estimate of drug-likeness (QED) is 0.652. The van der Waals surface area contributed by atoms with Crippen molar-refractivity contribution < 1.29 is 40.5 Å². The molecule has 30 heavy (non-hydrogen) atoms. The van der Waals surface area contributed by atoms with Gasteiger partial charge in [0.25, 0.3) is 10.0 Å². The van der Waals surface area contributed by atoms with Crippen molar-refractivity contribution in [2.75, 3.05) is 38.3 Å². The third kappa shape index (κ3) is 5.28. The van der Waals surface area contributed by atoms with Crippen LogP contribution in [0.3, 0.4) is 0 Å². The van der Waals surface area contributed by atoms with E-state index in [-0.39, 0.29) is 35.3 Å². The SMILES string of the molecule is COCCOc1ccc(C(F)(F)F)cc1NS(=O)(=O)c1ccc2c(c1)OCCCO2. The molecule has 164 valence electrons. The van der Waals surface area contributed by atoms with Gasteiger partial charge in [0.15, 0.2) is 11.5 Å². The van der Waals surface area contributed by atoms with E-state index in [0.29, 0.717) is 31.5 Å². The summed E-state index contributed by atoms with van der Waals surface area (Å²) in [4.78, 5) is -0.188. The average Bonchev–Trinajstić information content (AvgIpc) is 2.93. The molecule has 0 aliphatic carbocycles. The topological polar surface area (TPSA) is 83.1 Å². The van der Waals surface area contributed by atoms with Crippen molar-refractivity contribution in [1.29, 1.82) is 0 Å². The number of sulfonamides is 1. The predicted molar refractivity (Wildman–Crippen MR) is 102 cm³/mol. The van der Waals surface area contributed by atoms with E-state index in [1.807, 2.05) is 0 Å². The molecule has 1 N–H and O–H groups in total. The Morgan fingerprint density at radius 2 is 1.77 bits per heavy atom. The number of alkyl halides is 3. The Morgan fingerprint density at radius 3 is 2.47 bits per heavy atom. The first kappa shape index (κ1) is 22.0. The maximum atomic E-state index is 13.1. The number of ether oxygens (including phenoxy) is 4. The summed E-state index contributed by atoms with van der Waals surface area (Å²) in [5, 5.41) is 0. The van der Waals surface area contributed by atoms with Crippen LogP contribution in [0.15, 0.2) is 41.3 Å². The van der Waals surface area contributed by atoms with Gasteiger partial charge < -0.3 is 18.9 Å². The Hall–Kier alpha value is -2.66. The van der Waals surface area contributed by atoms with Crippen molar-refractivity contribution >= 4 is 15.7 Å². The van der Waals surface area contributed by atoms with Gasteiger partial charge in [0.1, 0.15) is 12.4 Å². The summed E-state index contributed by atoms with van der Waals surface area (Å²) in [6.07, 6.45) is -4.01. The van der Waals surface area contributed by atoms with Crippen LogP contribution in [0, 0.1) is 0 Å². The fourth-order valence-electron chi connectivity index (χ4n) is 2.66. The Morgan fingerprint density at radius 1 is 1.03 bits per heavy atom. The molecule has 0 radical (unpaired) electrons. The van der Waals surface area contributed by atoms with Crippen LogP contribution in [-0.4, -0.2) is 42.0 Å². The zero-order valence-electron chi connectivity index (χ0n) is 16.0. The third-order valence-electron chi connectivity index (χ3n) is 4.13. The van der Waals surface area contributed by atoms with Crippen LogP contribution >= 0.6 is 0 Å². The molecule has 0 saturated heterocycles. The number of fused-ring (bicyclic) bond motifs is 1. The molecule has 0 bridgehead atoms. The number of nitrogens with one attached hydrogen (secondary N) is 1. The van der Waals surface area contributed by atoms with Gasteiger partial charge >= 0.3 is 6.18 Å². The van der Waals surface area contributed by atoms with Gasteiger partial charge in [0.2, 0.25) is 0 Å². The Labute approximate surface area is 171 Å². The van der Waals surface area contributed by atoms with E-state index < -0.39 is 21.8 Å². The van der Waals surface area contributed by atoms with Crippen LogP contribution < -0.4 is 18.9 Å². The predicted octanol–water partition coefficient (Wildman–Crippen LogP) is 3.69. The number of benzene rings is 2. The van der Waals surface area contributed by atoms with E-state index in [4.69, 9.17) is 18.9 Å². The van der Waals surface area contributed by atoms with Gasteiger partial charge in [0, 0.05) is 19.6 Å². The number of hydrogen-bond acceptors (Lipinski definition) is 6. The van der Waals surface area contributed by atoms with E-state index in [9.17, 15) is 21.6 Å². The van der Waals surface area contributed by atoms with Crippen LogP contribution in [0.25, 0.3) is 0 Å². The minimum absolute atomic E-state index is 0.0284. The van der Waals surface area contributed by atoms with Crippen LogP contribution in [-0.2, 0) is 20.9 Å². The highest BCUT2D eigenvalue weighted by molar-refractivity contribution is 7.92. The first-order chi connectivity index (χ1) is 14.2. The van der Waals surface area contributed by atoms with E-state index in [2.05, 4.69) is 4.72 Å². The van der Waals surface area contributed by atoms with Crippen LogP contribution in [0.5, 0.6) is 17.2 Å². The number of anilines is 1. The molecule has 0 atom stereocenters. The van der Waals surface area contributed by atoms with Gasteiger partial charge in [-0.25, -0.2) is 8.42 Å². The van der Waals surface area contributed by atoms with Crippen molar-refractivity contribution in [2.24, 2.45) is 0 Å².